The number of fused-ring (bicyclic) bond motifs is 2. The van der Waals surface area contributed by atoms with Crippen molar-refractivity contribution in [3.8, 4) is 0 Å². The second-order valence-corrected chi connectivity index (χ2v) is 7.61. The van der Waals surface area contributed by atoms with Gasteiger partial charge in [0, 0.05) is 5.41 Å². The van der Waals surface area contributed by atoms with E-state index in [0.717, 1.165) is 29.9 Å². The van der Waals surface area contributed by atoms with Gasteiger partial charge in [-0.1, -0.05) is 38.5 Å². The van der Waals surface area contributed by atoms with Gasteiger partial charge in [0.1, 0.15) is 5.82 Å². The quantitative estimate of drug-likeness (QED) is 0.746. The number of benzene rings is 1. The minimum absolute atomic E-state index is 0.0218. The summed E-state index contributed by atoms with van der Waals surface area (Å²) in [6.45, 7) is 7.09. The maximum Gasteiger partial charge on any atom is 0.127 e. The van der Waals surface area contributed by atoms with Crippen LogP contribution in [0.1, 0.15) is 52.0 Å². The van der Waals surface area contributed by atoms with E-state index in [9.17, 15) is 4.39 Å². The van der Waals surface area contributed by atoms with Crippen LogP contribution in [0, 0.1) is 23.6 Å². The Morgan fingerprint density at radius 2 is 2.00 bits per heavy atom. The van der Waals surface area contributed by atoms with E-state index in [1.54, 1.807) is 12.1 Å². The van der Waals surface area contributed by atoms with Crippen LogP contribution in [0.15, 0.2) is 24.3 Å². The maximum absolute atomic E-state index is 14.1. The van der Waals surface area contributed by atoms with Gasteiger partial charge >= 0.3 is 0 Å². The maximum atomic E-state index is 14.1. The molecule has 116 valence electrons. The summed E-state index contributed by atoms with van der Waals surface area (Å²) in [5, 5.41) is 0. The van der Waals surface area contributed by atoms with Crippen LogP contribution < -0.4 is 0 Å². The zero-order valence-electron chi connectivity index (χ0n) is 13.4. The fourth-order valence-electron chi connectivity index (χ4n) is 4.26. The third-order valence-electron chi connectivity index (χ3n) is 6.03. The fourth-order valence-corrected chi connectivity index (χ4v) is 4.26. The zero-order valence-corrected chi connectivity index (χ0v) is 13.4. The third-order valence-corrected chi connectivity index (χ3v) is 6.03. The van der Waals surface area contributed by atoms with Crippen molar-refractivity contribution in [2.75, 3.05) is 6.61 Å². The Labute approximate surface area is 127 Å². The van der Waals surface area contributed by atoms with Crippen LogP contribution in [-0.4, -0.2) is 12.7 Å². The van der Waals surface area contributed by atoms with E-state index in [2.05, 4.69) is 20.8 Å². The van der Waals surface area contributed by atoms with Crippen molar-refractivity contribution in [1.82, 2.24) is 0 Å². The Hall–Kier alpha value is -0.890. The Morgan fingerprint density at radius 1 is 1.24 bits per heavy atom. The largest absolute Gasteiger partial charge is 0.377 e. The van der Waals surface area contributed by atoms with Gasteiger partial charge in [0.25, 0.3) is 0 Å². The van der Waals surface area contributed by atoms with Gasteiger partial charge in [-0.05, 0) is 55.6 Å². The molecular weight excluding hydrogens is 263 g/mol. The Morgan fingerprint density at radius 3 is 2.62 bits per heavy atom. The molecule has 4 atom stereocenters. The van der Waals surface area contributed by atoms with Gasteiger partial charge in [-0.15, -0.1) is 0 Å². The molecule has 0 saturated heterocycles. The summed E-state index contributed by atoms with van der Waals surface area (Å²) in [6, 6.07) is 7.07. The number of hydrogen-bond donors (Lipinski definition) is 0. The minimum Gasteiger partial charge on any atom is -0.377 e. The molecule has 2 fully saturated rings. The first kappa shape index (κ1) is 15.0. The molecule has 2 saturated carbocycles. The van der Waals surface area contributed by atoms with E-state index in [4.69, 9.17) is 4.74 Å². The average Bonchev–Trinajstić information content (AvgIpc) is 3.07. The molecule has 1 aromatic carbocycles. The molecule has 0 amide bonds. The molecule has 0 aliphatic heterocycles. The Kier molecular flexibility index (Phi) is 4.09. The van der Waals surface area contributed by atoms with Crippen LogP contribution in [0.25, 0.3) is 0 Å². The van der Waals surface area contributed by atoms with Crippen molar-refractivity contribution in [3.63, 3.8) is 0 Å². The molecule has 2 bridgehead atoms. The molecule has 3 rings (SSSR count). The SMILES string of the molecule is CC(OCC1CC2CCC1C2)C(C)(C)c1ccccc1F. The molecule has 0 N–H and O–H groups in total. The van der Waals surface area contributed by atoms with E-state index in [-0.39, 0.29) is 17.3 Å². The van der Waals surface area contributed by atoms with Gasteiger partial charge in [0.2, 0.25) is 0 Å². The summed E-state index contributed by atoms with van der Waals surface area (Å²) in [6.07, 6.45) is 5.60. The molecule has 1 aromatic rings. The van der Waals surface area contributed by atoms with Gasteiger partial charge in [-0.3, -0.25) is 0 Å². The van der Waals surface area contributed by atoms with Crippen molar-refractivity contribution in [3.05, 3.63) is 35.6 Å². The first-order valence-electron chi connectivity index (χ1n) is 8.35. The van der Waals surface area contributed by atoms with Crippen molar-refractivity contribution in [2.45, 2.75) is 58.0 Å². The standard InChI is InChI=1S/C19H27FO/c1-13(19(2,3)17-6-4-5-7-18(17)20)21-12-16-11-14-8-9-15(16)10-14/h4-7,13-16H,8-12H2,1-3H3. The molecule has 21 heavy (non-hydrogen) atoms. The predicted molar refractivity (Wildman–Crippen MR) is 83.8 cm³/mol. The normalized spacial score (nSPS) is 29.8. The zero-order chi connectivity index (χ0) is 15.0. The van der Waals surface area contributed by atoms with Gasteiger partial charge in [0.15, 0.2) is 0 Å². The van der Waals surface area contributed by atoms with Gasteiger partial charge in [-0.25, -0.2) is 4.39 Å². The van der Waals surface area contributed by atoms with E-state index in [1.807, 2.05) is 12.1 Å². The van der Waals surface area contributed by atoms with Crippen LogP contribution in [0.3, 0.4) is 0 Å². The van der Waals surface area contributed by atoms with Crippen molar-refractivity contribution in [2.24, 2.45) is 17.8 Å². The number of hydrogen-bond acceptors (Lipinski definition) is 1. The molecule has 2 aliphatic rings. The van der Waals surface area contributed by atoms with Crippen LogP contribution in [0.4, 0.5) is 4.39 Å². The van der Waals surface area contributed by atoms with Crippen LogP contribution in [0.2, 0.25) is 0 Å². The van der Waals surface area contributed by atoms with Crippen molar-refractivity contribution >= 4 is 0 Å². The highest BCUT2D eigenvalue weighted by atomic mass is 19.1. The highest BCUT2D eigenvalue weighted by Crippen LogP contribution is 2.48. The third kappa shape index (κ3) is 2.88. The lowest BCUT2D eigenvalue weighted by atomic mass is 9.79. The molecule has 2 aliphatic carbocycles. The molecular formula is C19H27FO. The van der Waals surface area contributed by atoms with Crippen molar-refractivity contribution < 1.29 is 9.13 Å². The van der Waals surface area contributed by atoms with Gasteiger partial charge in [0.05, 0.1) is 12.7 Å². The lowest BCUT2D eigenvalue weighted by Crippen LogP contribution is -2.36. The highest BCUT2D eigenvalue weighted by molar-refractivity contribution is 5.26. The Balaban J connectivity index is 1.61. The topological polar surface area (TPSA) is 9.23 Å². The molecule has 0 heterocycles. The predicted octanol–water partition coefficient (Wildman–Crippen LogP) is 4.94. The molecule has 0 radical (unpaired) electrons. The molecule has 4 unspecified atom stereocenters. The molecule has 1 nitrogen and oxygen atoms in total. The van der Waals surface area contributed by atoms with E-state index in [1.165, 1.54) is 25.7 Å². The summed E-state index contributed by atoms with van der Waals surface area (Å²) in [5.74, 6) is 2.46. The molecule has 0 aromatic heterocycles. The van der Waals surface area contributed by atoms with Crippen molar-refractivity contribution in [1.29, 1.82) is 0 Å². The van der Waals surface area contributed by atoms with E-state index < -0.39 is 0 Å². The summed E-state index contributed by atoms with van der Waals surface area (Å²) < 4.78 is 20.2. The lowest BCUT2D eigenvalue weighted by molar-refractivity contribution is -0.0106. The fraction of sp³-hybridized carbons (Fsp3) is 0.684. The summed E-state index contributed by atoms with van der Waals surface area (Å²) >= 11 is 0. The number of ether oxygens (including phenoxy) is 1. The highest BCUT2D eigenvalue weighted by Gasteiger charge is 2.40. The van der Waals surface area contributed by atoms with Crippen LogP contribution in [-0.2, 0) is 10.2 Å². The number of halogens is 1. The smallest absolute Gasteiger partial charge is 0.127 e. The first-order valence-corrected chi connectivity index (χ1v) is 8.35. The van der Waals surface area contributed by atoms with E-state index in [0.29, 0.717) is 0 Å². The molecule has 0 spiro atoms. The summed E-state index contributed by atoms with van der Waals surface area (Å²) in [7, 11) is 0. The second kappa shape index (κ2) is 5.72. The lowest BCUT2D eigenvalue weighted by Gasteiger charge is -2.34. The van der Waals surface area contributed by atoms with Crippen LogP contribution in [0.5, 0.6) is 0 Å². The number of rotatable bonds is 5. The molecule has 2 heteroatoms. The monoisotopic (exact) mass is 290 g/mol. The second-order valence-electron chi connectivity index (χ2n) is 7.61. The van der Waals surface area contributed by atoms with Gasteiger partial charge in [-0.2, -0.15) is 0 Å². The van der Waals surface area contributed by atoms with Gasteiger partial charge < -0.3 is 4.74 Å². The van der Waals surface area contributed by atoms with Crippen LogP contribution >= 0.6 is 0 Å². The minimum atomic E-state index is -0.303. The summed E-state index contributed by atoms with van der Waals surface area (Å²) in [4.78, 5) is 0. The summed E-state index contributed by atoms with van der Waals surface area (Å²) in [5.41, 5.74) is 0.452. The average molecular weight is 290 g/mol. The first-order chi connectivity index (χ1) is 9.98. The Bertz CT molecular complexity index is 496. The van der Waals surface area contributed by atoms with E-state index >= 15 is 0 Å².